The van der Waals surface area contributed by atoms with Crippen LogP contribution in [0, 0.1) is 6.92 Å². The number of aryl methyl sites for hydroxylation is 1. The van der Waals surface area contributed by atoms with Gasteiger partial charge in [-0.15, -0.1) is 0 Å². The summed E-state index contributed by atoms with van der Waals surface area (Å²) in [5.74, 6) is -0.0580. The maximum atomic E-state index is 12.9. The predicted molar refractivity (Wildman–Crippen MR) is 93.3 cm³/mol. The van der Waals surface area contributed by atoms with Crippen molar-refractivity contribution < 1.29 is 4.79 Å². The molecule has 0 N–H and O–H groups in total. The highest BCUT2D eigenvalue weighted by Gasteiger charge is 2.17. The van der Waals surface area contributed by atoms with Crippen LogP contribution in [-0.4, -0.2) is 32.4 Å². The molecule has 0 aliphatic rings. The molecule has 0 radical (unpaired) electrons. The molecule has 5 nitrogen and oxygen atoms in total. The first-order chi connectivity index (χ1) is 11.5. The van der Waals surface area contributed by atoms with Crippen molar-refractivity contribution in [2.75, 3.05) is 7.05 Å². The van der Waals surface area contributed by atoms with Gasteiger partial charge in [-0.1, -0.05) is 29.3 Å². The van der Waals surface area contributed by atoms with Gasteiger partial charge in [-0.3, -0.25) is 4.79 Å². The minimum Gasteiger partial charge on any atom is -0.337 e. The number of pyridine rings is 1. The molecule has 0 fully saturated rings. The van der Waals surface area contributed by atoms with E-state index in [0.717, 1.165) is 16.8 Å². The summed E-state index contributed by atoms with van der Waals surface area (Å²) in [5, 5.41) is 0.439. The van der Waals surface area contributed by atoms with Crippen LogP contribution in [0.15, 0.2) is 55.2 Å². The molecule has 0 bridgehead atoms. The van der Waals surface area contributed by atoms with Crippen LogP contribution in [0.5, 0.6) is 0 Å². The van der Waals surface area contributed by atoms with Gasteiger partial charge in [0.1, 0.15) is 5.15 Å². The van der Waals surface area contributed by atoms with Crippen molar-refractivity contribution in [2.24, 2.45) is 0 Å². The number of imidazole rings is 1. The van der Waals surface area contributed by atoms with Gasteiger partial charge in [0, 0.05) is 32.2 Å². The van der Waals surface area contributed by atoms with E-state index >= 15 is 0 Å². The quantitative estimate of drug-likeness (QED) is 0.683. The predicted octanol–water partition coefficient (Wildman–Crippen LogP) is 3.50. The summed E-state index contributed by atoms with van der Waals surface area (Å²) in [7, 11) is 1.77. The van der Waals surface area contributed by atoms with Crippen LogP contribution >= 0.6 is 11.6 Å². The molecule has 1 aromatic carbocycles. The van der Waals surface area contributed by atoms with E-state index < -0.39 is 0 Å². The molecule has 0 spiro atoms. The van der Waals surface area contributed by atoms with Crippen molar-refractivity contribution in [2.45, 2.75) is 13.5 Å². The van der Waals surface area contributed by atoms with Gasteiger partial charge in [0.2, 0.25) is 0 Å². The standard InChI is InChI=1S/C18H17ClN4O/c1-13-3-5-16(23-8-7-20-12-23)15(9-13)18(24)22(2)11-14-4-6-17(19)21-10-14/h3-10,12H,11H2,1-2H3. The van der Waals surface area contributed by atoms with Gasteiger partial charge in [0.05, 0.1) is 17.6 Å². The number of carbonyl (C=O) groups is 1. The molecule has 1 amide bonds. The molecular weight excluding hydrogens is 324 g/mol. The van der Waals surface area contributed by atoms with Crippen LogP contribution in [0.25, 0.3) is 5.69 Å². The number of halogens is 1. The summed E-state index contributed by atoms with van der Waals surface area (Å²) in [5.41, 5.74) is 3.40. The Balaban J connectivity index is 1.89. The lowest BCUT2D eigenvalue weighted by molar-refractivity contribution is 0.0785. The monoisotopic (exact) mass is 340 g/mol. The van der Waals surface area contributed by atoms with Gasteiger partial charge >= 0.3 is 0 Å². The van der Waals surface area contributed by atoms with Crippen LogP contribution in [0.3, 0.4) is 0 Å². The van der Waals surface area contributed by atoms with E-state index in [1.807, 2.05) is 42.0 Å². The molecule has 3 rings (SSSR count). The molecule has 6 heteroatoms. The highest BCUT2D eigenvalue weighted by Crippen LogP contribution is 2.19. The molecule has 0 aliphatic carbocycles. The molecule has 24 heavy (non-hydrogen) atoms. The molecule has 3 aromatic rings. The topological polar surface area (TPSA) is 51.0 Å². The average Bonchev–Trinajstić information content (AvgIpc) is 3.10. The second kappa shape index (κ2) is 6.84. The van der Waals surface area contributed by atoms with Crippen LogP contribution in [-0.2, 0) is 6.54 Å². The van der Waals surface area contributed by atoms with E-state index in [0.29, 0.717) is 17.3 Å². The van der Waals surface area contributed by atoms with Crippen LogP contribution in [0.4, 0.5) is 0 Å². The Bertz CT molecular complexity index is 844. The van der Waals surface area contributed by atoms with Gasteiger partial charge in [-0.2, -0.15) is 0 Å². The number of carbonyl (C=O) groups excluding carboxylic acids is 1. The lowest BCUT2D eigenvalue weighted by Gasteiger charge is -2.19. The number of hydrogen-bond acceptors (Lipinski definition) is 3. The van der Waals surface area contributed by atoms with Gasteiger partial charge in [0.25, 0.3) is 5.91 Å². The average molecular weight is 341 g/mol. The minimum absolute atomic E-state index is 0.0580. The fourth-order valence-electron chi connectivity index (χ4n) is 2.50. The highest BCUT2D eigenvalue weighted by atomic mass is 35.5. The van der Waals surface area contributed by atoms with Gasteiger partial charge in [-0.05, 0) is 30.7 Å². The molecule has 0 atom stereocenters. The largest absolute Gasteiger partial charge is 0.337 e. The van der Waals surface area contributed by atoms with E-state index in [2.05, 4.69) is 9.97 Å². The Hall–Kier alpha value is -2.66. The van der Waals surface area contributed by atoms with Crippen LogP contribution < -0.4 is 0 Å². The zero-order valence-corrected chi connectivity index (χ0v) is 14.2. The van der Waals surface area contributed by atoms with E-state index in [9.17, 15) is 4.79 Å². The number of amides is 1. The summed E-state index contributed by atoms with van der Waals surface area (Å²) in [6.45, 7) is 2.43. The van der Waals surface area contributed by atoms with E-state index in [1.54, 1.807) is 36.7 Å². The fraction of sp³-hybridized carbons (Fsp3) is 0.167. The molecular formula is C18H17ClN4O. The summed E-state index contributed by atoms with van der Waals surface area (Å²) in [4.78, 5) is 22.7. The lowest BCUT2D eigenvalue weighted by atomic mass is 10.1. The maximum absolute atomic E-state index is 12.9. The maximum Gasteiger partial charge on any atom is 0.256 e. The number of benzene rings is 1. The summed E-state index contributed by atoms with van der Waals surface area (Å²) < 4.78 is 1.84. The first-order valence-corrected chi connectivity index (χ1v) is 7.87. The van der Waals surface area contributed by atoms with Gasteiger partial charge in [0.15, 0.2) is 0 Å². The molecule has 0 unspecified atom stereocenters. The number of hydrogen-bond donors (Lipinski definition) is 0. The van der Waals surface area contributed by atoms with Crippen molar-refractivity contribution in [3.63, 3.8) is 0 Å². The number of aromatic nitrogens is 3. The van der Waals surface area contributed by atoms with Crippen LogP contribution in [0.1, 0.15) is 21.5 Å². The van der Waals surface area contributed by atoms with Crippen molar-refractivity contribution in [1.82, 2.24) is 19.4 Å². The SMILES string of the molecule is Cc1ccc(-n2ccnc2)c(C(=O)N(C)Cc2ccc(Cl)nc2)c1. The van der Waals surface area contributed by atoms with Crippen molar-refractivity contribution in [1.29, 1.82) is 0 Å². The normalized spacial score (nSPS) is 10.6. The second-order valence-electron chi connectivity index (χ2n) is 5.64. The van der Waals surface area contributed by atoms with Gasteiger partial charge < -0.3 is 9.47 Å². The fourth-order valence-corrected chi connectivity index (χ4v) is 2.61. The molecule has 0 saturated carbocycles. The lowest BCUT2D eigenvalue weighted by Crippen LogP contribution is -2.27. The molecule has 2 aromatic heterocycles. The third kappa shape index (κ3) is 3.46. The van der Waals surface area contributed by atoms with Gasteiger partial charge in [-0.25, -0.2) is 9.97 Å². The Kier molecular flexibility index (Phi) is 4.62. The summed E-state index contributed by atoms with van der Waals surface area (Å²) >= 11 is 5.80. The second-order valence-corrected chi connectivity index (χ2v) is 6.03. The first-order valence-electron chi connectivity index (χ1n) is 7.49. The Labute approximate surface area is 145 Å². The molecule has 0 aliphatic heterocycles. The minimum atomic E-state index is -0.0580. The zero-order valence-electron chi connectivity index (χ0n) is 13.5. The summed E-state index contributed by atoms with van der Waals surface area (Å²) in [6.07, 6.45) is 6.88. The summed E-state index contributed by atoms with van der Waals surface area (Å²) in [6, 6.07) is 9.40. The van der Waals surface area contributed by atoms with E-state index in [1.165, 1.54) is 0 Å². The number of nitrogens with zero attached hydrogens (tertiary/aromatic N) is 4. The molecule has 0 saturated heterocycles. The Morgan fingerprint density at radius 3 is 2.79 bits per heavy atom. The zero-order chi connectivity index (χ0) is 17.1. The molecule has 122 valence electrons. The first kappa shape index (κ1) is 16.2. The van der Waals surface area contributed by atoms with E-state index in [4.69, 9.17) is 11.6 Å². The smallest absolute Gasteiger partial charge is 0.256 e. The third-order valence-electron chi connectivity index (χ3n) is 3.72. The third-order valence-corrected chi connectivity index (χ3v) is 3.94. The Morgan fingerprint density at radius 1 is 1.29 bits per heavy atom. The van der Waals surface area contributed by atoms with E-state index in [-0.39, 0.29) is 5.91 Å². The van der Waals surface area contributed by atoms with Crippen LogP contribution in [0.2, 0.25) is 5.15 Å². The Morgan fingerprint density at radius 2 is 2.12 bits per heavy atom. The van der Waals surface area contributed by atoms with Crippen molar-refractivity contribution in [3.8, 4) is 5.69 Å². The molecule has 2 heterocycles. The highest BCUT2D eigenvalue weighted by molar-refractivity contribution is 6.29. The van der Waals surface area contributed by atoms with Crippen molar-refractivity contribution >= 4 is 17.5 Å². The van der Waals surface area contributed by atoms with Crippen molar-refractivity contribution in [3.05, 3.63) is 77.1 Å². The number of rotatable bonds is 4.